The lowest BCUT2D eigenvalue weighted by Crippen LogP contribution is -2.35. The maximum absolute atomic E-state index is 12.7. The van der Waals surface area contributed by atoms with Crippen LogP contribution in [0.2, 0.25) is 0 Å². The summed E-state index contributed by atoms with van der Waals surface area (Å²) in [4.78, 5) is 31.3. The first-order valence-electron chi connectivity index (χ1n) is 9.19. The molecule has 1 aromatic rings. The number of aliphatic hydroxyl groups excluding tert-OH is 1. The Balaban J connectivity index is 1.88. The van der Waals surface area contributed by atoms with Crippen LogP contribution in [0.25, 0.3) is 0 Å². The molecule has 2 heterocycles. The molecule has 13 heteroatoms. The van der Waals surface area contributed by atoms with Crippen LogP contribution in [0.3, 0.4) is 0 Å². The number of thioether (sulfide) groups is 1. The highest BCUT2D eigenvalue weighted by molar-refractivity contribution is 8.00. The molecule has 29 heavy (non-hydrogen) atoms. The number of nitrogens with one attached hydrogen (secondary N) is 1. The van der Waals surface area contributed by atoms with Gasteiger partial charge in [0.25, 0.3) is 7.52 Å². The highest BCUT2D eigenvalue weighted by atomic mass is 32.2. The van der Waals surface area contributed by atoms with Gasteiger partial charge in [-0.3, -0.25) is 13.9 Å². The van der Waals surface area contributed by atoms with Gasteiger partial charge in [-0.15, -0.1) is 11.8 Å². The summed E-state index contributed by atoms with van der Waals surface area (Å²) in [7, 11) is -3.32. The summed E-state index contributed by atoms with van der Waals surface area (Å²) in [5, 5.41) is 12.1. The quantitative estimate of drug-likeness (QED) is 0.358. The molecule has 4 N–H and O–H groups in total. The van der Waals surface area contributed by atoms with Gasteiger partial charge in [-0.05, 0) is 12.8 Å². The Morgan fingerprint density at radius 1 is 1.52 bits per heavy atom. The van der Waals surface area contributed by atoms with Crippen LogP contribution in [-0.2, 0) is 18.6 Å². The van der Waals surface area contributed by atoms with Crippen LogP contribution in [0.15, 0.2) is 11.1 Å². The van der Waals surface area contributed by atoms with Crippen molar-refractivity contribution < 1.29 is 23.7 Å². The molecule has 1 aliphatic heterocycles. The van der Waals surface area contributed by atoms with Gasteiger partial charge in [-0.1, -0.05) is 13.8 Å². The molecule has 0 aromatic carbocycles. The van der Waals surface area contributed by atoms with Crippen molar-refractivity contribution in [2.45, 2.75) is 50.0 Å². The molecule has 1 fully saturated rings. The van der Waals surface area contributed by atoms with E-state index >= 15 is 0 Å². The van der Waals surface area contributed by atoms with E-state index in [4.69, 9.17) is 15.0 Å². The lowest BCUT2D eigenvalue weighted by atomic mass is 10.2. The first-order valence-corrected chi connectivity index (χ1v) is 12.2. The number of hydrogen-bond acceptors (Lipinski definition) is 10. The largest absolute Gasteiger partial charge is 0.464 e. The standard InChI is InChI=1S/C16H28N5O6PS/c1-9(2)6-26-14(23)10(3)20-28(4,25)27-7-12-11(22)5-13(29-12)21-8-18-15(17)19-16(21)24/h8-13,22H,5-7H2,1-4H3,(H,20,25)(H2,17,19,24)/t10-,11+,12+,13+,28?/m0/s1. The number of aromatic nitrogens is 3. The molecule has 0 aliphatic carbocycles. The van der Waals surface area contributed by atoms with E-state index in [1.165, 1.54) is 29.3 Å². The second-order valence-corrected chi connectivity index (χ2v) is 11.0. The number of esters is 1. The first-order chi connectivity index (χ1) is 13.5. The second-order valence-electron chi connectivity index (χ2n) is 7.35. The van der Waals surface area contributed by atoms with Gasteiger partial charge in [0.2, 0.25) is 5.95 Å². The number of rotatable bonds is 9. The number of nitrogens with zero attached hydrogens (tertiary/aromatic N) is 3. The van der Waals surface area contributed by atoms with Gasteiger partial charge in [0.15, 0.2) is 0 Å². The molecule has 2 rings (SSSR count). The minimum atomic E-state index is -3.32. The Bertz CT molecular complexity index is 821. The Kier molecular flexibility index (Phi) is 8.24. The molecule has 1 aliphatic rings. The summed E-state index contributed by atoms with van der Waals surface area (Å²) < 4.78 is 24.5. The van der Waals surface area contributed by atoms with Gasteiger partial charge >= 0.3 is 11.7 Å². The lowest BCUT2D eigenvalue weighted by molar-refractivity contribution is -0.146. The third-order valence-corrected chi connectivity index (χ3v) is 7.12. The van der Waals surface area contributed by atoms with Crippen LogP contribution in [0.4, 0.5) is 5.95 Å². The second kappa shape index (κ2) is 10.0. The zero-order valence-corrected chi connectivity index (χ0v) is 18.6. The van der Waals surface area contributed by atoms with Crippen LogP contribution in [0.1, 0.15) is 32.6 Å². The number of nitrogen functional groups attached to an aromatic ring is 1. The Labute approximate surface area is 173 Å². The summed E-state index contributed by atoms with van der Waals surface area (Å²) in [5.41, 5.74) is 4.83. The van der Waals surface area contributed by atoms with Crippen molar-refractivity contribution in [1.29, 1.82) is 0 Å². The number of hydrogen-bond donors (Lipinski definition) is 3. The van der Waals surface area contributed by atoms with Gasteiger partial charge < -0.3 is 20.1 Å². The molecule has 164 valence electrons. The average Bonchev–Trinajstić information content (AvgIpc) is 2.98. The molecular formula is C16H28N5O6PS. The number of carbonyl (C=O) groups excluding carboxylic acids is 1. The third-order valence-electron chi connectivity index (χ3n) is 4.09. The zero-order valence-electron chi connectivity index (χ0n) is 16.8. The number of carbonyl (C=O) groups is 1. The zero-order chi connectivity index (χ0) is 21.8. The van der Waals surface area contributed by atoms with Crippen LogP contribution >= 0.6 is 19.3 Å². The smallest absolute Gasteiger partial charge is 0.353 e. The molecule has 0 radical (unpaired) electrons. The van der Waals surface area contributed by atoms with Gasteiger partial charge in [0, 0.05) is 13.1 Å². The normalized spacial score (nSPS) is 25.0. The minimum Gasteiger partial charge on any atom is -0.464 e. The fraction of sp³-hybridized carbons (Fsp3) is 0.750. The maximum Gasteiger partial charge on any atom is 0.353 e. The highest BCUT2D eigenvalue weighted by Crippen LogP contribution is 2.44. The number of anilines is 1. The molecule has 0 saturated carbocycles. The molecule has 0 spiro atoms. The molecule has 0 bridgehead atoms. The minimum absolute atomic E-state index is 0.0263. The van der Waals surface area contributed by atoms with E-state index in [0.29, 0.717) is 0 Å². The van der Waals surface area contributed by atoms with E-state index in [1.807, 2.05) is 13.8 Å². The summed E-state index contributed by atoms with van der Waals surface area (Å²) in [6.07, 6.45) is 0.795. The van der Waals surface area contributed by atoms with Gasteiger partial charge in [-0.25, -0.2) is 14.9 Å². The van der Waals surface area contributed by atoms with Gasteiger partial charge in [-0.2, -0.15) is 4.98 Å². The van der Waals surface area contributed by atoms with E-state index in [2.05, 4.69) is 15.1 Å². The van der Waals surface area contributed by atoms with Crippen LogP contribution in [-0.4, -0.2) is 62.9 Å². The number of aliphatic hydroxyl groups is 1. The van der Waals surface area contributed by atoms with Crippen molar-refractivity contribution in [1.82, 2.24) is 19.6 Å². The molecule has 1 unspecified atom stereocenters. The molecule has 1 saturated heterocycles. The van der Waals surface area contributed by atoms with Crippen molar-refractivity contribution in [2.75, 3.05) is 25.6 Å². The summed E-state index contributed by atoms with van der Waals surface area (Å²) in [6, 6.07) is -0.802. The van der Waals surface area contributed by atoms with Crippen molar-refractivity contribution >= 4 is 31.2 Å². The fourth-order valence-corrected chi connectivity index (χ4v) is 5.48. The molecule has 11 nitrogen and oxygen atoms in total. The fourth-order valence-electron chi connectivity index (χ4n) is 2.62. The predicted molar refractivity (Wildman–Crippen MR) is 110 cm³/mol. The van der Waals surface area contributed by atoms with Crippen molar-refractivity contribution in [3.05, 3.63) is 16.8 Å². The summed E-state index contributed by atoms with van der Waals surface area (Å²) >= 11 is 1.30. The molecule has 5 atom stereocenters. The summed E-state index contributed by atoms with van der Waals surface area (Å²) in [6.45, 7) is 7.00. The lowest BCUT2D eigenvalue weighted by Gasteiger charge is -2.22. The maximum atomic E-state index is 12.7. The predicted octanol–water partition coefficient (Wildman–Crippen LogP) is 0.602. The third kappa shape index (κ3) is 7.07. The van der Waals surface area contributed by atoms with Gasteiger partial charge in [0.1, 0.15) is 12.4 Å². The Hall–Kier alpha value is -1.46. The monoisotopic (exact) mass is 449 g/mol. The van der Waals surface area contributed by atoms with E-state index in [9.17, 15) is 19.3 Å². The van der Waals surface area contributed by atoms with Crippen LogP contribution in [0, 0.1) is 5.92 Å². The first kappa shape index (κ1) is 23.8. The Morgan fingerprint density at radius 2 is 2.21 bits per heavy atom. The topological polar surface area (TPSA) is 159 Å². The average molecular weight is 449 g/mol. The van der Waals surface area contributed by atoms with Crippen molar-refractivity contribution in [3.63, 3.8) is 0 Å². The molecule has 1 aromatic heterocycles. The number of ether oxygens (including phenoxy) is 1. The molecule has 0 amide bonds. The van der Waals surface area contributed by atoms with Crippen molar-refractivity contribution in [3.8, 4) is 0 Å². The number of nitrogens with two attached hydrogens (primary N) is 1. The van der Waals surface area contributed by atoms with E-state index < -0.39 is 36.6 Å². The SMILES string of the molecule is CC(C)COC(=O)[C@H](C)NP(C)(=O)OC[C@H]1S[C@@H](n2cnc(N)nc2=O)C[C@H]1O. The van der Waals surface area contributed by atoms with Crippen molar-refractivity contribution in [2.24, 2.45) is 5.92 Å². The van der Waals surface area contributed by atoms with Gasteiger partial charge in [0.05, 0.1) is 29.9 Å². The van der Waals surface area contributed by atoms with Crippen LogP contribution in [0.5, 0.6) is 0 Å². The van der Waals surface area contributed by atoms with E-state index in [0.717, 1.165) is 0 Å². The highest BCUT2D eigenvalue weighted by Gasteiger charge is 2.37. The van der Waals surface area contributed by atoms with Crippen LogP contribution < -0.4 is 16.5 Å². The van der Waals surface area contributed by atoms with E-state index in [1.54, 1.807) is 6.92 Å². The Morgan fingerprint density at radius 3 is 2.83 bits per heavy atom. The summed E-state index contributed by atoms with van der Waals surface area (Å²) in [5.74, 6) is -0.431. The van der Waals surface area contributed by atoms with E-state index in [-0.39, 0.29) is 36.9 Å². The molecular weight excluding hydrogens is 421 g/mol.